The number of nitrogens with two attached hydrogens (primary N) is 1. The van der Waals surface area contributed by atoms with Crippen LogP contribution in [0.15, 0.2) is 82.5 Å². The maximum Gasteiger partial charge on any atom is 0.298 e. The number of hydrazone groups is 1. The third kappa shape index (κ3) is 4.28. The summed E-state index contributed by atoms with van der Waals surface area (Å²) in [6, 6.07) is 21.6. The van der Waals surface area contributed by atoms with Gasteiger partial charge in [-0.25, -0.2) is 5.01 Å². The first-order chi connectivity index (χ1) is 14.7. The monoisotopic (exact) mass is 404 g/mol. The van der Waals surface area contributed by atoms with Crippen LogP contribution in [0.5, 0.6) is 5.75 Å². The van der Waals surface area contributed by atoms with Gasteiger partial charge in [-0.2, -0.15) is 5.10 Å². The van der Waals surface area contributed by atoms with Crippen LogP contribution in [0.4, 0.5) is 0 Å². The highest BCUT2D eigenvalue weighted by atomic mass is 16.5. The minimum absolute atomic E-state index is 0.0392. The Bertz CT molecular complexity index is 998. The lowest BCUT2D eigenvalue weighted by atomic mass is 10.0. The molecule has 30 heavy (non-hydrogen) atoms. The van der Waals surface area contributed by atoms with Crippen molar-refractivity contribution < 1.29 is 19.3 Å². The molecule has 2 aromatic carbocycles. The van der Waals surface area contributed by atoms with Crippen molar-refractivity contribution in [3.8, 4) is 5.75 Å². The molecule has 1 aliphatic rings. The van der Waals surface area contributed by atoms with Gasteiger partial charge in [-0.05, 0) is 48.9 Å². The summed E-state index contributed by atoms with van der Waals surface area (Å²) >= 11 is 0. The lowest BCUT2D eigenvalue weighted by Gasteiger charge is -2.20. The van der Waals surface area contributed by atoms with Crippen LogP contribution >= 0.6 is 0 Å². The maximum absolute atomic E-state index is 13.1. The molecule has 1 aromatic heterocycles. The topological polar surface area (TPSA) is 71.7 Å². The highest BCUT2D eigenvalue weighted by Gasteiger charge is 2.35. The minimum atomic E-state index is -0.231. The summed E-state index contributed by atoms with van der Waals surface area (Å²) in [5, 5.41) is 8.30. The molecule has 4 rings (SSSR count). The molecule has 0 spiro atoms. The zero-order valence-electron chi connectivity index (χ0n) is 17.2. The Morgan fingerprint density at radius 1 is 1.17 bits per heavy atom. The molecule has 0 saturated heterocycles. The van der Waals surface area contributed by atoms with Gasteiger partial charge >= 0.3 is 0 Å². The van der Waals surface area contributed by atoms with Gasteiger partial charge in [0.1, 0.15) is 23.6 Å². The van der Waals surface area contributed by atoms with Gasteiger partial charge in [-0.15, -0.1) is 0 Å². The first-order valence-electron chi connectivity index (χ1n) is 10.1. The van der Waals surface area contributed by atoms with E-state index in [-0.39, 0.29) is 18.0 Å². The molecule has 0 unspecified atom stereocenters. The molecular formula is C24H26N3O3+. The number of amides is 1. The average Bonchev–Trinajstić information content (AvgIpc) is 3.48. The van der Waals surface area contributed by atoms with Gasteiger partial charge in [0.25, 0.3) is 5.91 Å². The predicted molar refractivity (Wildman–Crippen MR) is 114 cm³/mol. The molecular weight excluding hydrogens is 378 g/mol. The summed E-state index contributed by atoms with van der Waals surface area (Å²) in [6.45, 7) is 2.41. The van der Waals surface area contributed by atoms with Gasteiger partial charge in [-0.3, -0.25) is 4.79 Å². The van der Waals surface area contributed by atoms with Crippen molar-refractivity contribution in [2.45, 2.75) is 25.4 Å². The van der Waals surface area contributed by atoms with Crippen molar-refractivity contribution in [1.29, 1.82) is 0 Å². The van der Waals surface area contributed by atoms with E-state index >= 15 is 0 Å². The lowest BCUT2D eigenvalue weighted by molar-refractivity contribution is -0.683. The smallest absolute Gasteiger partial charge is 0.298 e. The lowest BCUT2D eigenvalue weighted by Crippen LogP contribution is -2.86. The van der Waals surface area contributed by atoms with E-state index in [0.29, 0.717) is 13.0 Å². The molecule has 0 fully saturated rings. The molecule has 0 aliphatic carbocycles. The summed E-state index contributed by atoms with van der Waals surface area (Å²) in [5.74, 6) is 1.49. The SMILES string of the molecule is COc1ccc(C2=NN(C(=O)C[NH2+][C@H](C)c3ccccc3)[C@H](c3ccco3)C2)cc1. The van der Waals surface area contributed by atoms with E-state index in [4.69, 9.17) is 9.15 Å². The van der Waals surface area contributed by atoms with Gasteiger partial charge < -0.3 is 14.5 Å². The molecule has 6 heteroatoms. The van der Waals surface area contributed by atoms with Gasteiger partial charge in [0.2, 0.25) is 0 Å². The number of nitrogens with zero attached hydrogens (tertiary/aromatic N) is 2. The van der Waals surface area contributed by atoms with Crippen LogP contribution in [0, 0.1) is 0 Å². The van der Waals surface area contributed by atoms with E-state index in [2.05, 4.69) is 24.2 Å². The number of methoxy groups -OCH3 is 1. The predicted octanol–water partition coefficient (Wildman–Crippen LogP) is 3.29. The Morgan fingerprint density at radius 2 is 1.93 bits per heavy atom. The summed E-state index contributed by atoms with van der Waals surface area (Å²) in [7, 11) is 1.64. The quantitative estimate of drug-likeness (QED) is 0.657. The van der Waals surface area contributed by atoms with Crippen LogP contribution in [0.2, 0.25) is 0 Å². The summed E-state index contributed by atoms with van der Waals surface area (Å²) < 4.78 is 10.9. The highest BCUT2D eigenvalue weighted by Crippen LogP contribution is 2.33. The standard InChI is InChI=1S/C24H25N3O3/c1-17(18-7-4-3-5-8-18)25-16-24(28)27-22(23-9-6-14-30-23)15-21(26-27)19-10-12-20(29-2)13-11-19/h3-14,17,22,25H,15-16H2,1-2H3/p+1/t17-,22+/m1/s1. The summed E-state index contributed by atoms with van der Waals surface area (Å²) in [5.41, 5.74) is 3.03. The first kappa shape index (κ1) is 19.9. The number of hydrogen-bond donors (Lipinski definition) is 1. The molecule has 1 aliphatic heterocycles. The Balaban J connectivity index is 1.51. The van der Waals surface area contributed by atoms with Gasteiger partial charge in [0.15, 0.2) is 6.54 Å². The van der Waals surface area contributed by atoms with Crippen LogP contribution in [0.25, 0.3) is 0 Å². The molecule has 0 saturated carbocycles. The molecule has 2 atom stereocenters. The fraction of sp³-hybridized carbons (Fsp3) is 0.250. The van der Waals surface area contributed by atoms with Crippen molar-refractivity contribution in [3.05, 3.63) is 89.9 Å². The maximum atomic E-state index is 13.1. The van der Waals surface area contributed by atoms with Crippen LogP contribution < -0.4 is 10.1 Å². The molecule has 154 valence electrons. The number of quaternary nitrogens is 1. The largest absolute Gasteiger partial charge is 0.497 e. The number of carbonyl (C=O) groups excluding carboxylic acids is 1. The van der Waals surface area contributed by atoms with Crippen LogP contribution in [0.1, 0.15) is 42.3 Å². The van der Waals surface area contributed by atoms with Crippen molar-refractivity contribution in [2.75, 3.05) is 13.7 Å². The molecule has 3 aromatic rings. The molecule has 0 radical (unpaired) electrons. The highest BCUT2D eigenvalue weighted by molar-refractivity contribution is 6.03. The van der Waals surface area contributed by atoms with Gasteiger partial charge in [-0.1, -0.05) is 30.3 Å². The number of furan rings is 1. The van der Waals surface area contributed by atoms with Crippen LogP contribution in [-0.4, -0.2) is 30.3 Å². The number of ether oxygens (including phenoxy) is 1. The number of benzene rings is 2. The second kappa shape index (κ2) is 8.97. The Kier molecular flexibility index (Phi) is 5.95. The third-order valence-electron chi connectivity index (χ3n) is 5.43. The molecule has 2 N–H and O–H groups in total. The van der Waals surface area contributed by atoms with Crippen molar-refractivity contribution in [2.24, 2.45) is 5.10 Å². The second-order valence-corrected chi connectivity index (χ2v) is 7.39. The Hall–Kier alpha value is -3.38. The van der Waals surface area contributed by atoms with Crippen molar-refractivity contribution in [1.82, 2.24) is 5.01 Å². The number of rotatable bonds is 7. The molecule has 6 nitrogen and oxygen atoms in total. The molecule has 1 amide bonds. The van der Waals surface area contributed by atoms with E-state index < -0.39 is 0 Å². The van der Waals surface area contributed by atoms with E-state index in [1.165, 1.54) is 5.56 Å². The fourth-order valence-corrected chi connectivity index (χ4v) is 3.66. The van der Waals surface area contributed by atoms with E-state index in [1.54, 1.807) is 18.4 Å². The zero-order chi connectivity index (χ0) is 20.9. The summed E-state index contributed by atoms with van der Waals surface area (Å²) in [4.78, 5) is 13.1. The average molecular weight is 404 g/mol. The molecule has 2 heterocycles. The van der Waals surface area contributed by atoms with E-state index in [9.17, 15) is 4.79 Å². The minimum Gasteiger partial charge on any atom is -0.497 e. The number of hydrogen-bond acceptors (Lipinski definition) is 4. The van der Waals surface area contributed by atoms with Crippen molar-refractivity contribution >= 4 is 11.6 Å². The normalized spacial score (nSPS) is 16.9. The second-order valence-electron chi connectivity index (χ2n) is 7.39. The van der Waals surface area contributed by atoms with Crippen molar-refractivity contribution in [3.63, 3.8) is 0 Å². The Morgan fingerprint density at radius 3 is 2.60 bits per heavy atom. The van der Waals surface area contributed by atoms with E-state index in [1.807, 2.05) is 59.9 Å². The molecule has 0 bridgehead atoms. The first-order valence-corrected chi connectivity index (χ1v) is 10.1. The van der Waals surface area contributed by atoms with Gasteiger partial charge in [0, 0.05) is 12.0 Å². The van der Waals surface area contributed by atoms with Gasteiger partial charge in [0.05, 0.1) is 19.1 Å². The zero-order valence-corrected chi connectivity index (χ0v) is 17.2. The number of carbonyl (C=O) groups is 1. The van der Waals surface area contributed by atoms with E-state index in [0.717, 1.165) is 22.8 Å². The third-order valence-corrected chi connectivity index (χ3v) is 5.43. The Labute approximate surface area is 176 Å². The van der Waals surface area contributed by atoms with Crippen LogP contribution in [-0.2, 0) is 4.79 Å². The fourth-order valence-electron chi connectivity index (χ4n) is 3.66. The summed E-state index contributed by atoms with van der Waals surface area (Å²) in [6.07, 6.45) is 2.24. The van der Waals surface area contributed by atoms with Crippen LogP contribution in [0.3, 0.4) is 0 Å².